The molecule has 3 heteroatoms. The van der Waals surface area contributed by atoms with Crippen LogP contribution in [0.2, 0.25) is 0 Å². The molecular weight excluding hydrogens is 195 g/mol. The van der Waals surface area contributed by atoms with E-state index in [2.05, 4.69) is 13.8 Å². The third-order valence-corrected chi connectivity index (χ3v) is 1.76. The van der Waals surface area contributed by atoms with E-state index in [4.69, 9.17) is 0 Å². The second kappa shape index (κ2) is 14.1. The SMILES string of the molecule is CCCCCC(O)CCC.Cl.Cl. The van der Waals surface area contributed by atoms with Gasteiger partial charge in [-0.25, -0.2) is 0 Å². The minimum Gasteiger partial charge on any atom is -0.393 e. The Balaban J connectivity index is -0.000000405. The van der Waals surface area contributed by atoms with E-state index in [9.17, 15) is 5.11 Å². The van der Waals surface area contributed by atoms with E-state index in [-0.39, 0.29) is 30.9 Å². The van der Waals surface area contributed by atoms with Gasteiger partial charge >= 0.3 is 0 Å². The highest BCUT2D eigenvalue weighted by atomic mass is 35.5. The van der Waals surface area contributed by atoms with Gasteiger partial charge < -0.3 is 5.11 Å². The molecule has 0 heterocycles. The number of halogens is 2. The first-order chi connectivity index (χ1) is 4.81. The summed E-state index contributed by atoms with van der Waals surface area (Å²) in [6, 6.07) is 0. The molecule has 0 aromatic carbocycles. The van der Waals surface area contributed by atoms with E-state index in [0.717, 1.165) is 19.3 Å². The average molecular weight is 217 g/mol. The van der Waals surface area contributed by atoms with E-state index in [0.29, 0.717) is 0 Å². The maximum atomic E-state index is 9.28. The van der Waals surface area contributed by atoms with Crippen LogP contribution >= 0.6 is 24.8 Å². The Bertz CT molecular complexity index is 69.5. The number of aliphatic hydroxyl groups is 1. The molecule has 1 N–H and O–H groups in total. The number of rotatable bonds is 6. The Morgan fingerprint density at radius 3 is 1.92 bits per heavy atom. The van der Waals surface area contributed by atoms with Gasteiger partial charge in [-0.3, -0.25) is 0 Å². The van der Waals surface area contributed by atoms with Crippen LogP contribution in [0.5, 0.6) is 0 Å². The largest absolute Gasteiger partial charge is 0.393 e. The first-order valence-electron chi connectivity index (χ1n) is 4.49. The Labute approximate surface area is 88.8 Å². The number of hydrogen-bond acceptors (Lipinski definition) is 1. The van der Waals surface area contributed by atoms with Crippen molar-refractivity contribution < 1.29 is 5.11 Å². The van der Waals surface area contributed by atoms with Gasteiger partial charge in [-0.1, -0.05) is 39.5 Å². The summed E-state index contributed by atoms with van der Waals surface area (Å²) in [6.07, 6.45) is 6.76. The summed E-state index contributed by atoms with van der Waals surface area (Å²) in [5.41, 5.74) is 0. The molecule has 0 aromatic heterocycles. The van der Waals surface area contributed by atoms with Crippen LogP contribution in [0.25, 0.3) is 0 Å². The molecule has 0 bridgehead atoms. The summed E-state index contributed by atoms with van der Waals surface area (Å²) in [5, 5.41) is 9.28. The van der Waals surface area contributed by atoms with Crippen LogP contribution in [0.3, 0.4) is 0 Å². The summed E-state index contributed by atoms with van der Waals surface area (Å²) >= 11 is 0. The zero-order valence-electron chi connectivity index (χ0n) is 8.08. The molecule has 12 heavy (non-hydrogen) atoms. The van der Waals surface area contributed by atoms with Crippen molar-refractivity contribution >= 4 is 24.8 Å². The fraction of sp³-hybridized carbons (Fsp3) is 1.00. The van der Waals surface area contributed by atoms with Crippen LogP contribution in [-0.2, 0) is 0 Å². The normalized spacial score (nSPS) is 11.2. The van der Waals surface area contributed by atoms with E-state index < -0.39 is 0 Å². The summed E-state index contributed by atoms with van der Waals surface area (Å²) in [5.74, 6) is 0. The molecule has 78 valence electrons. The number of hydrogen-bond donors (Lipinski definition) is 1. The van der Waals surface area contributed by atoms with Crippen LogP contribution < -0.4 is 0 Å². The van der Waals surface area contributed by atoms with Crippen LogP contribution in [0.4, 0.5) is 0 Å². The maximum absolute atomic E-state index is 9.28. The predicted molar refractivity (Wildman–Crippen MR) is 59.6 cm³/mol. The van der Waals surface area contributed by atoms with Gasteiger partial charge in [-0.05, 0) is 12.8 Å². The van der Waals surface area contributed by atoms with Crippen molar-refractivity contribution in [2.24, 2.45) is 0 Å². The molecular formula is C9H22Cl2O. The first kappa shape index (κ1) is 18.3. The second-order valence-electron chi connectivity index (χ2n) is 2.94. The molecule has 0 aliphatic rings. The molecule has 0 saturated heterocycles. The van der Waals surface area contributed by atoms with Crippen molar-refractivity contribution in [2.75, 3.05) is 0 Å². The molecule has 0 radical (unpaired) electrons. The van der Waals surface area contributed by atoms with Crippen molar-refractivity contribution in [1.29, 1.82) is 0 Å². The highest BCUT2D eigenvalue weighted by molar-refractivity contribution is 5.85. The number of aliphatic hydroxyl groups excluding tert-OH is 1. The molecule has 0 amide bonds. The van der Waals surface area contributed by atoms with Gasteiger partial charge in [0.2, 0.25) is 0 Å². The van der Waals surface area contributed by atoms with Crippen LogP contribution in [0, 0.1) is 0 Å². The highest BCUT2D eigenvalue weighted by Gasteiger charge is 2.00. The van der Waals surface area contributed by atoms with Gasteiger partial charge in [0, 0.05) is 0 Å². The molecule has 0 aromatic rings. The predicted octanol–water partition coefficient (Wildman–Crippen LogP) is 3.57. The van der Waals surface area contributed by atoms with Crippen molar-refractivity contribution in [3.8, 4) is 0 Å². The number of unbranched alkanes of at least 4 members (excludes halogenated alkanes) is 2. The minimum atomic E-state index is -0.0310. The third-order valence-electron chi connectivity index (χ3n) is 1.76. The van der Waals surface area contributed by atoms with Crippen molar-refractivity contribution in [3.05, 3.63) is 0 Å². The Hall–Kier alpha value is 0.540. The topological polar surface area (TPSA) is 20.2 Å². The average Bonchev–Trinajstić information content (AvgIpc) is 1.89. The second-order valence-corrected chi connectivity index (χ2v) is 2.94. The van der Waals surface area contributed by atoms with Crippen LogP contribution in [0.1, 0.15) is 52.4 Å². The fourth-order valence-corrected chi connectivity index (χ4v) is 1.11. The van der Waals surface area contributed by atoms with Gasteiger partial charge in [-0.15, -0.1) is 24.8 Å². The summed E-state index contributed by atoms with van der Waals surface area (Å²) in [4.78, 5) is 0. The molecule has 0 aliphatic carbocycles. The lowest BCUT2D eigenvalue weighted by Crippen LogP contribution is -2.04. The lowest BCUT2D eigenvalue weighted by Gasteiger charge is -2.07. The third kappa shape index (κ3) is 13.2. The highest BCUT2D eigenvalue weighted by Crippen LogP contribution is 2.07. The van der Waals surface area contributed by atoms with Crippen molar-refractivity contribution in [3.63, 3.8) is 0 Å². The lowest BCUT2D eigenvalue weighted by molar-refractivity contribution is 0.150. The summed E-state index contributed by atoms with van der Waals surface area (Å²) in [7, 11) is 0. The lowest BCUT2D eigenvalue weighted by atomic mass is 10.1. The first-order valence-corrected chi connectivity index (χ1v) is 4.49. The van der Waals surface area contributed by atoms with Crippen LogP contribution in [0.15, 0.2) is 0 Å². The fourth-order valence-electron chi connectivity index (χ4n) is 1.11. The Kier molecular flexibility index (Phi) is 21.5. The van der Waals surface area contributed by atoms with Gasteiger partial charge in [0.25, 0.3) is 0 Å². The molecule has 1 atom stereocenters. The zero-order chi connectivity index (χ0) is 7.82. The minimum absolute atomic E-state index is 0. The molecule has 0 saturated carbocycles. The Morgan fingerprint density at radius 1 is 0.917 bits per heavy atom. The van der Waals surface area contributed by atoms with E-state index in [1.165, 1.54) is 19.3 Å². The molecule has 1 unspecified atom stereocenters. The quantitative estimate of drug-likeness (QED) is 0.674. The maximum Gasteiger partial charge on any atom is 0.0540 e. The summed E-state index contributed by atoms with van der Waals surface area (Å²) in [6.45, 7) is 4.30. The Morgan fingerprint density at radius 2 is 1.50 bits per heavy atom. The molecule has 0 fully saturated rings. The monoisotopic (exact) mass is 216 g/mol. The van der Waals surface area contributed by atoms with Crippen molar-refractivity contribution in [1.82, 2.24) is 0 Å². The van der Waals surface area contributed by atoms with Gasteiger partial charge in [0.05, 0.1) is 6.10 Å². The standard InChI is InChI=1S/C9H20O.2ClH/c1-3-5-6-8-9(10)7-4-2;;/h9-10H,3-8H2,1-2H3;2*1H. The van der Waals surface area contributed by atoms with Crippen molar-refractivity contribution in [2.45, 2.75) is 58.5 Å². The molecule has 0 aliphatic heterocycles. The van der Waals surface area contributed by atoms with Gasteiger partial charge in [0.15, 0.2) is 0 Å². The molecule has 0 rings (SSSR count). The molecule has 0 spiro atoms. The van der Waals surface area contributed by atoms with Gasteiger partial charge in [-0.2, -0.15) is 0 Å². The smallest absolute Gasteiger partial charge is 0.0540 e. The molecule has 1 nitrogen and oxygen atoms in total. The van der Waals surface area contributed by atoms with E-state index in [1.54, 1.807) is 0 Å². The van der Waals surface area contributed by atoms with E-state index in [1.807, 2.05) is 0 Å². The van der Waals surface area contributed by atoms with E-state index >= 15 is 0 Å². The van der Waals surface area contributed by atoms with Gasteiger partial charge in [0.1, 0.15) is 0 Å². The summed E-state index contributed by atoms with van der Waals surface area (Å²) < 4.78 is 0. The van der Waals surface area contributed by atoms with Crippen LogP contribution in [-0.4, -0.2) is 11.2 Å². The zero-order valence-corrected chi connectivity index (χ0v) is 9.72.